The normalized spacial score (nSPS) is 12.8. The van der Waals surface area contributed by atoms with E-state index < -0.39 is 6.04 Å². The maximum absolute atomic E-state index is 11.5. The molecule has 16 heavy (non-hydrogen) atoms. The van der Waals surface area contributed by atoms with Crippen LogP contribution in [-0.2, 0) is 11.2 Å². The molecule has 0 bridgehead atoms. The molecule has 0 radical (unpaired) electrons. The van der Waals surface area contributed by atoms with Crippen molar-refractivity contribution in [3.8, 4) is 0 Å². The second-order valence-corrected chi connectivity index (χ2v) is 4.20. The Labute approximate surface area is 95.8 Å². The summed E-state index contributed by atoms with van der Waals surface area (Å²) >= 11 is 0. The fraction of sp³-hybridized carbons (Fsp3) is 0.636. The van der Waals surface area contributed by atoms with Crippen molar-refractivity contribution in [2.75, 3.05) is 6.54 Å². The number of aryl methyl sites for hydroxylation is 1. The molecule has 90 valence electrons. The van der Waals surface area contributed by atoms with Crippen LogP contribution in [0, 0.1) is 5.92 Å². The van der Waals surface area contributed by atoms with Gasteiger partial charge in [-0.2, -0.15) is 0 Å². The Morgan fingerprint density at radius 1 is 1.62 bits per heavy atom. The molecular weight excluding hydrogens is 204 g/mol. The zero-order valence-corrected chi connectivity index (χ0v) is 9.86. The number of rotatable bonds is 6. The van der Waals surface area contributed by atoms with Crippen LogP contribution >= 0.6 is 0 Å². The second kappa shape index (κ2) is 6.27. The van der Waals surface area contributed by atoms with E-state index in [1.54, 1.807) is 12.4 Å². The van der Waals surface area contributed by atoms with E-state index in [0.717, 1.165) is 18.7 Å². The van der Waals surface area contributed by atoms with E-state index in [1.165, 1.54) is 0 Å². The summed E-state index contributed by atoms with van der Waals surface area (Å²) in [6, 6.07) is -0.413. The van der Waals surface area contributed by atoms with E-state index in [0.29, 0.717) is 6.54 Å². The first-order valence-corrected chi connectivity index (χ1v) is 5.63. The van der Waals surface area contributed by atoms with Crippen molar-refractivity contribution in [3.63, 3.8) is 0 Å². The third-order valence-corrected chi connectivity index (χ3v) is 2.47. The molecular formula is C11H20N4O. The van der Waals surface area contributed by atoms with E-state index in [4.69, 9.17) is 5.73 Å². The molecule has 5 heteroatoms. The summed E-state index contributed by atoms with van der Waals surface area (Å²) in [7, 11) is 0. The van der Waals surface area contributed by atoms with Crippen LogP contribution in [0.25, 0.3) is 0 Å². The van der Waals surface area contributed by atoms with E-state index >= 15 is 0 Å². The molecule has 5 nitrogen and oxygen atoms in total. The van der Waals surface area contributed by atoms with Gasteiger partial charge in [-0.05, 0) is 12.3 Å². The summed E-state index contributed by atoms with van der Waals surface area (Å²) in [5.74, 6) is 1.04. The fourth-order valence-corrected chi connectivity index (χ4v) is 1.32. The third-order valence-electron chi connectivity index (χ3n) is 2.47. The Balaban J connectivity index is 2.13. The maximum atomic E-state index is 11.5. The average molecular weight is 224 g/mol. The standard InChI is InChI=1S/C11H20N4O/c1-8(2)10(12)11(16)15-5-3-4-9-13-6-7-14-9/h6-8,10H,3-5,12H2,1-2H3,(H,13,14)(H,15,16)/t10-/m0/s1. The molecule has 1 heterocycles. The zero-order valence-electron chi connectivity index (χ0n) is 9.86. The van der Waals surface area contributed by atoms with Crippen LogP contribution < -0.4 is 11.1 Å². The van der Waals surface area contributed by atoms with Gasteiger partial charge in [0.2, 0.25) is 5.91 Å². The van der Waals surface area contributed by atoms with Crippen LogP contribution in [0.4, 0.5) is 0 Å². The maximum Gasteiger partial charge on any atom is 0.237 e. The van der Waals surface area contributed by atoms with Gasteiger partial charge in [0.05, 0.1) is 6.04 Å². The van der Waals surface area contributed by atoms with Gasteiger partial charge in [-0.15, -0.1) is 0 Å². The minimum absolute atomic E-state index is 0.0746. The van der Waals surface area contributed by atoms with Crippen molar-refractivity contribution in [1.82, 2.24) is 15.3 Å². The number of aromatic nitrogens is 2. The molecule has 1 aromatic heterocycles. The summed E-state index contributed by atoms with van der Waals surface area (Å²) < 4.78 is 0. The van der Waals surface area contributed by atoms with Gasteiger partial charge >= 0.3 is 0 Å². The van der Waals surface area contributed by atoms with Crippen LogP contribution in [0.5, 0.6) is 0 Å². The van der Waals surface area contributed by atoms with Crippen molar-refractivity contribution in [3.05, 3.63) is 18.2 Å². The summed E-state index contributed by atoms with van der Waals surface area (Å²) in [4.78, 5) is 18.6. The van der Waals surface area contributed by atoms with Crippen LogP contribution in [0.3, 0.4) is 0 Å². The molecule has 1 rings (SSSR count). The van der Waals surface area contributed by atoms with Crippen LogP contribution in [0.15, 0.2) is 12.4 Å². The highest BCUT2D eigenvalue weighted by Gasteiger charge is 2.15. The lowest BCUT2D eigenvalue weighted by molar-refractivity contribution is -0.123. The van der Waals surface area contributed by atoms with Crippen molar-refractivity contribution in [1.29, 1.82) is 0 Å². The number of aromatic amines is 1. The summed E-state index contributed by atoms with van der Waals surface area (Å²) in [5, 5.41) is 2.82. The van der Waals surface area contributed by atoms with Crippen molar-refractivity contribution < 1.29 is 4.79 Å². The van der Waals surface area contributed by atoms with E-state index in [9.17, 15) is 4.79 Å². The Bertz CT molecular complexity index is 308. The van der Waals surface area contributed by atoms with Crippen molar-refractivity contribution in [2.45, 2.75) is 32.7 Å². The molecule has 0 unspecified atom stereocenters. The van der Waals surface area contributed by atoms with Gasteiger partial charge in [0, 0.05) is 25.4 Å². The topological polar surface area (TPSA) is 83.8 Å². The van der Waals surface area contributed by atoms with Gasteiger partial charge in [0.1, 0.15) is 5.82 Å². The molecule has 0 aromatic carbocycles. The lowest BCUT2D eigenvalue weighted by Crippen LogP contribution is -2.44. The molecule has 0 aliphatic rings. The highest BCUT2D eigenvalue weighted by atomic mass is 16.2. The smallest absolute Gasteiger partial charge is 0.237 e. The SMILES string of the molecule is CC(C)[C@H](N)C(=O)NCCCc1ncc[nH]1. The predicted octanol–water partition coefficient (Wildman–Crippen LogP) is 0.442. The largest absolute Gasteiger partial charge is 0.355 e. The van der Waals surface area contributed by atoms with Gasteiger partial charge in [0.15, 0.2) is 0 Å². The Hall–Kier alpha value is -1.36. The summed E-state index contributed by atoms with van der Waals surface area (Å²) in [6.07, 6.45) is 5.22. The van der Waals surface area contributed by atoms with Crippen molar-refractivity contribution in [2.24, 2.45) is 11.7 Å². The Morgan fingerprint density at radius 3 is 2.94 bits per heavy atom. The molecule has 0 spiro atoms. The number of H-pyrrole nitrogens is 1. The number of carbonyl (C=O) groups excluding carboxylic acids is 1. The van der Waals surface area contributed by atoms with Crippen LogP contribution in [-0.4, -0.2) is 28.5 Å². The molecule has 0 aliphatic heterocycles. The highest BCUT2D eigenvalue weighted by molar-refractivity contribution is 5.81. The number of hydrogen-bond donors (Lipinski definition) is 3. The number of amides is 1. The lowest BCUT2D eigenvalue weighted by Gasteiger charge is -2.14. The first-order valence-electron chi connectivity index (χ1n) is 5.63. The monoisotopic (exact) mass is 224 g/mol. The number of imidazole rings is 1. The highest BCUT2D eigenvalue weighted by Crippen LogP contribution is 1.98. The Morgan fingerprint density at radius 2 is 2.38 bits per heavy atom. The second-order valence-electron chi connectivity index (χ2n) is 4.20. The van der Waals surface area contributed by atoms with Gasteiger partial charge in [0.25, 0.3) is 0 Å². The molecule has 1 atom stereocenters. The van der Waals surface area contributed by atoms with Gasteiger partial charge in [-0.1, -0.05) is 13.8 Å². The van der Waals surface area contributed by atoms with E-state index in [2.05, 4.69) is 15.3 Å². The molecule has 0 fully saturated rings. The summed E-state index contributed by atoms with van der Waals surface area (Å²) in [6.45, 7) is 4.51. The average Bonchev–Trinajstić information content (AvgIpc) is 2.75. The van der Waals surface area contributed by atoms with E-state index in [1.807, 2.05) is 13.8 Å². The zero-order chi connectivity index (χ0) is 12.0. The number of nitrogens with one attached hydrogen (secondary N) is 2. The molecule has 0 saturated carbocycles. The minimum Gasteiger partial charge on any atom is -0.355 e. The molecule has 1 aromatic rings. The first kappa shape index (κ1) is 12.7. The number of nitrogens with two attached hydrogens (primary N) is 1. The fourth-order valence-electron chi connectivity index (χ4n) is 1.32. The molecule has 0 aliphatic carbocycles. The van der Waals surface area contributed by atoms with Crippen molar-refractivity contribution >= 4 is 5.91 Å². The molecule has 1 amide bonds. The number of nitrogens with zero attached hydrogens (tertiary/aromatic N) is 1. The predicted molar refractivity (Wildman–Crippen MR) is 62.7 cm³/mol. The van der Waals surface area contributed by atoms with Gasteiger partial charge < -0.3 is 16.0 Å². The molecule has 4 N–H and O–H groups in total. The quantitative estimate of drug-likeness (QED) is 0.613. The van der Waals surface area contributed by atoms with E-state index in [-0.39, 0.29) is 11.8 Å². The third kappa shape index (κ3) is 4.02. The summed E-state index contributed by atoms with van der Waals surface area (Å²) in [5.41, 5.74) is 5.71. The molecule has 0 saturated heterocycles. The van der Waals surface area contributed by atoms with Crippen LogP contribution in [0.2, 0.25) is 0 Å². The first-order chi connectivity index (χ1) is 7.61. The number of carbonyl (C=O) groups is 1. The lowest BCUT2D eigenvalue weighted by atomic mass is 10.1. The Kier molecular flexibility index (Phi) is 4.98. The van der Waals surface area contributed by atoms with Gasteiger partial charge in [-0.3, -0.25) is 4.79 Å². The minimum atomic E-state index is -0.413. The number of hydrogen-bond acceptors (Lipinski definition) is 3. The van der Waals surface area contributed by atoms with Gasteiger partial charge in [-0.25, -0.2) is 4.98 Å². The van der Waals surface area contributed by atoms with Crippen LogP contribution in [0.1, 0.15) is 26.1 Å².